The molecule has 0 aliphatic heterocycles. The van der Waals surface area contributed by atoms with E-state index in [4.69, 9.17) is 0 Å². The molecule has 2 rings (SSSR count). The molecule has 92 valence electrons. The van der Waals surface area contributed by atoms with E-state index in [9.17, 15) is 9.18 Å². The molecule has 2 aromatic rings. The number of hydrogen-bond acceptors (Lipinski definition) is 2. The highest BCUT2D eigenvalue weighted by Crippen LogP contribution is 2.20. The van der Waals surface area contributed by atoms with Crippen LogP contribution < -0.4 is 0 Å². The molecule has 1 aromatic heterocycles. The Morgan fingerprint density at radius 1 is 1.33 bits per heavy atom. The van der Waals surface area contributed by atoms with Gasteiger partial charge in [0.1, 0.15) is 5.82 Å². The quantitative estimate of drug-likeness (QED) is 0.809. The van der Waals surface area contributed by atoms with Crippen LogP contribution in [0.3, 0.4) is 0 Å². The van der Waals surface area contributed by atoms with E-state index in [1.54, 1.807) is 24.5 Å². The van der Waals surface area contributed by atoms with Crippen molar-refractivity contribution in [3.63, 3.8) is 0 Å². The third-order valence-corrected chi connectivity index (χ3v) is 3.30. The van der Waals surface area contributed by atoms with Gasteiger partial charge in [-0.2, -0.15) is 0 Å². The summed E-state index contributed by atoms with van der Waals surface area (Å²) in [6.07, 6.45) is 3.48. The van der Waals surface area contributed by atoms with Crippen molar-refractivity contribution >= 4 is 21.7 Å². The van der Waals surface area contributed by atoms with Crippen molar-refractivity contribution in [3.05, 3.63) is 63.6 Å². The molecule has 0 aliphatic rings. The molecule has 1 aromatic carbocycles. The van der Waals surface area contributed by atoms with Gasteiger partial charge in [0.05, 0.1) is 0 Å². The highest BCUT2D eigenvalue weighted by atomic mass is 79.9. The largest absolute Gasteiger partial charge is 0.294 e. The van der Waals surface area contributed by atoms with Crippen LogP contribution in [0.2, 0.25) is 0 Å². The van der Waals surface area contributed by atoms with Crippen LogP contribution in [0.15, 0.2) is 41.1 Å². The van der Waals surface area contributed by atoms with E-state index in [0.29, 0.717) is 10.0 Å². The standard InChI is InChI=1S/C14H11BrFNO/c1-9-4-11(8-17-7-9)14(18)5-10-2-3-12(16)6-13(10)15/h2-4,6-8H,5H2,1H3. The Morgan fingerprint density at radius 3 is 2.78 bits per heavy atom. The first kappa shape index (κ1) is 12.9. The molecule has 0 bridgehead atoms. The van der Waals surface area contributed by atoms with Crippen molar-refractivity contribution in [1.82, 2.24) is 4.98 Å². The predicted octanol–water partition coefficient (Wildman–Crippen LogP) is 3.72. The Kier molecular flexibility index (Phi) is 3.87. The van der Waals surface area contributed by atoms with Gasteiger partial charge in [0, 0.05) is 28.9 Å². The lowest BCUT2D eigenvalue weighted by atomic mass is 10.0. The zero-order chi connectivity index (χ0) is 13.1. The van der Waals surface area contributed by atoms with Gasteiger partial charge >= 0.3 is 0 Å². The summed E-state index contributed by atoms with van der Waals surface area (Å²) >= 11 is 3.25. The molecule has 0 aliphatic carbocycles. The molecule has 0 N–H and O–H groups in total. The lowest BCUT2D eigenvalue weighted by molar-refractivity contribution is 0.0992. The van der Waals surface area contributed by atoms with Gasteiger partial charge < -0.3 is 0 Å². The van der Waals surface area contributed by atoms with Gasteiger partial charge in [-0.3, -0.25) is 9.78 Å². The highest BCUT2D eigenvalue weighted by molar-refractivity contribution is 9.10. The third kappa shape index (κ3) is 3.01. The number of nitrogens with zero attached hydrogens (tertiary/aromatic N) is 1. The van der Waals surface area contributed by atoms with E-state index in [1.165, 1.54) is 12.1 Å². The first-order valence-corrected chi connectivity index (χ1v) is 6.24. The smallest absolute Gasteiger partial charge is 0.168 e. The maximum atomic E-state index is 12.9. The summed E-state index contributed by atoms with van der Waals surface area (Å²) in [5.74, 6) is -0.353. The molecule has 0 amide bonds. The zero-order valence-corrected chi connectivity index (χ0v) is 11.4. The minimum atomic E-state index is -0.324. The summed E-state index contributed by atoms with van der Waals surface area (Å²) < 4.78 is 13.5. The monoisotopic (exact) mass is 307 g/mol. The van der Waals surface area contributed by atoms with Crippen LogP contribution in [0.1, 0.15) is 21.5 Å². The normalized spacial score (nSPS) is 10.4. The predicted molar refractivity (Wildman–Crippen MR) is 71.1 cm³/mol. The van der Waals surface area contributed by atoms with Gasteiger partial charge in [-0.15, -0.1) is 0 Å². The Bertz CT molecular complexity index is 598. The lowest BCUT2D eigenvalue weighted by Gasteiger charge is -2.04. The number of aromatic nitrogens is 1. The first-order chi connectivity index (χ1) is 8.56. The van der Waals surface area contributed by atoms with E-state index in [-0.39, 0.29) is 18.0 Å². The molecular weight excluding hydrogens is 297 g/mol. The van der Waals surface area contributed by atoms with Gasteiger partial charge in [-0.05, 0) is 36.2 Å². The number of ketones is 1. The van der Waals surface area contributed by atoms with Gasteiger partial charge in [-0.25, -0.2) is 4.39 Å². The van der Waals surface area contributed by atoms with E-state index < -0.39 is 0 Å². The van der Waals surface area contributed by atoms with Gasteiger partial charge in [0.15, 0.2) is 5.78 Å². The Labute approximate surface area is 113 Å². The Hall–Kier alpha value is -1.55. The number of halogens is 2. The van der Waals surface area contributed by atoms with Crippen LogP contribution in [0.4, 0.5) is 4.39 Å². The topological polar surface area (TPSA) is 30.0 Å². The maximum absolute atomic E-state index is 12.9. The first-order valence-electron chi connectivity index (χ1n) is 5.45. The maximum Gasteiger partial charge on any atom is 0.168 e. The summed E-state index contributed by atoms with van der Waals surface area (Å²) in [7, 11) is 0. The fraction of sp³-hybridized carbons (Fsp3) is 0.143. The van der Waals surface area contributed by atoms with Crippen LogP contribution in [0.5, 0.6) is 0 Å². The number of carbonyl (C=O) groups excluding carboxylic acids is 1. The Balaban J connectivity index is 2.21. The molecule has 0 unspecified atom stereocenters. The number of pyridine rings is 1. The third-order valence-electron chi connectivity index (χ3n) is 2.56. The number of aryl methyl sites for hydroxylation is 1. The molecule has 0 saturated carbocycles. The fourth-order valence-corrected chi connectivity index (χ4v) is 2.14. The van der Waals surface area contributed by atoms with Crippen molar-refractivity contribution in [2.45, 2.75) is 13.3 Å². The summed E-state index contributed by atoms with van der Waals surface area (Å²) in [5, 5.41) is 0. The van der Waals surface area contributed by atoms with Crippen molar-refractivity contribution < 1.29 is 9.18 Å². The number of Topliss-reactive ketones (excluding diaryl/α,β-unsaturated/α-hetero) is 1. The second kappa shape index (κ2) is 5.40. The molecule has 0 radical (unpaired) electrons. The van der Waals surface area contributed by atoms with Crippen LogP contribution in [0, 0.1) is 12.7 Å². The number of hydrogen-bond donors (Lipinski definition) is 0. The summed E-state index contributed by atoms with van der Waals surface area (Å²) in [5.41, 5.74) is 2.29. The SMILES string of the molecule is Cc1cncc(C(=O)Cc2ccc(F)cc2Br)c1. The van der Waals surface area contributed by atoms with Crippen LogP contribution in [0.25, 0.3) is 0 Å². The number of rotatable bonds is 3. The number of benzene rings is 1. The fourth-order valence-electron chi connectivity index (χ4n) is 1.65. The van der Waals surface area contributed by atoms with Crippen molar-refractivity contribution in [3.8, 4) is 0 Å². The van der Waals surface area contributed by atoms with E-state index in [1.807, 2.05) is 6.92 Å². The summed E-state index contributed by atoms with van der Waals surface area (Å²) in [4.78, 5) is 16.0. The minimum absolute atomic E-state index is 0.0292. The van der Waals surface area contributed by atoms with Gasteiger partial charge in [-0.1, -0.05) is 22.0 Å². The number of carbonyl (C=O) groups is 1. The summed E-state index contributed by atoms with van der Waals surface area (Å²) in [6, 6.07) is 6.12. The molecule has 18 heavy (non-hydrogen) atoms. The van der Waals surface area contributed by atoms with Crippen LogP contribution in [-0.2, 0) is 6.42 Å². The molecule has 1 heterocycles. The summed E-state index contributed by atoms with van der Waals surface area (Å²) in [6.45, 7) is 1.89. The molecular formula is C14H11BrFNO. The van der Waals surface area contributed by atoms with Crippen molar-refractivity contribution in [2.75, 3.05) is 0 Å². The van der Waals surface area contributed by atoms with Crippen LogP contribution in [-0.4, -0.2) is 10.8 Å². The van der Waals surface area contributed by atoms with E-state index >= 15 is 0 Å². The molecule has 2 nitrogen and oxygen atoms in total. The van der Waals surface area contributed by atoms with Gasteiger partial charge in [0.25, 0.3) is 0 Å². The van der Waals surface area contributed by atoms with Crippen LogP contribution >= 0.6 is 15.9 Å². The second-order valence-electron chi connectivity index (χ2n) is 4.09. The minimum Gasteiger partial charge on any atom is -0.294 e. The van der Waals surface area contributed by atoms with Gasteiger partial charge in [0.2, 0.25) is 0 Å². The molecule has 0 atom stereocenters. The average molecular weight is 308 g/mol. The molecule has 0 saturated heterocycles. The van der Waals surface area contributed by atoms with Crippen molar-refractivity contribution in [1.29, 1.82) is 0 Å². The lowest BCUT2D eigenvalue weighted by Crippen LogP contribution is -2.05. The molecule has 0 spiro atoms. The molecule has 4 heteroatoms. The zero-order valence-electron chi connectivity index (χ0n) is 9.78. The highest BCUT2D eigenvalue weighted by Gasteiger charge is 2.10. The second-order valence-corrected chi connectivity index (χ2v) is 4.94. The van der Waals surface area contributed by atoms with E-state index in [0.717, 1.165) is 11.1 Å². The average Bonchev–Trinajstić information content (AvgIpc) is 2.32. The Morgan fingerprint density at radius 2 is 2.11 bits per heavy atom. The molecule has 0 fully saturated rings. The van der Waals surface area contributed by atoms with Crippen molar-refractivity contribution in [2.24, 2.45) is 0 Å². The van der Waals surface area contributed by atoms with E-state index in [2.05, 4.69) is 20.9 Å².